The van der Waals surface area contributed by atoms with Gasteiger partial charge in [-0.15, -0.1) is 10.2 Å². The number of furan rings is 1. The van der Waals surface area contributed by atoms with E-state index >= 15 is 0 Å². The van der Waals surface area contributed by atoms with E-state index in [1.807, 2.05) is 17.9 Å². The first-order chi connectivity index (χ1) is 13.7. The van der Waals surface area contributed by atoms with E-state index < -0.39 is 0 Å². The fraction of sp³-hybridized carbons (Fsp3) is 0.650. The number of thioether (sulfide) groups is 1. The number of aromatic nitrogens is 3. The average molecular weight is 405 g/mol. The Morgan fingerprint density at radius 3 is 2.71 bits per heavy atom. The summed E-state index contributed by atoms with van der Waals surface area (Å²) in [6.45, 7) is 5.19. The molecule has 8 heteroatoms. The lowest BCUT2D eigenvalue weighted by molar-refractivity contribution is -0.128. The molecule has 0 bridgehead atoms. The summed E-state index contributed by atoms with van der Waals surface area (Å²) in [5, 5.41) is 9.59. The Hall–Kier alpha value is -1.80. The summed E-state index contributed by atoms with van der Waals surface area (Å²) in [6.07, 6.45) is 8.63. The number of rotatable bonds is 6. The Bertz CT molecular complexity index is 789. The van der Waals surface area contributed by atoms with Crippen molar-refractivity contribution in [3.05, 3.63) is 18.1 Å². The van der Waals surface area contributed by atoms with Crippen molar-refractivity contribution in [3.8, 4) is 11.4 Å². The van der Waals surface area contributed by atoms with Gasteiger partial charge in [0.15, 0.2) is 11.0 Å². The van der Waals surface area contributed by atoms with Crippen LogP contribution >= 0.6 is 11.8 Å². The average Bonchev–Trinajstić information content (AvgIpc) is 3.39. The van der Waals surface area contributed by atoms with E-state index in [1.165, 1.54) is 24.6 Å². The number of nitrogens with zero attached hydrogens (tertiary/aromatic N) is 4. The smallest absolute Gasteiger partial charge is 0.233 e. The monoisotopic (exact) mass is 404 g/mol. The van der Waals surface area contributed by atoms with Crippen LogP contribution in [0.25, 0.3) is 11.4 Å². The van der Waals surface area contributed by atoms with Gasteiger partial charge >= 0.3 is 0 Å². The highest BCUT2D eigenvalue weighted by molar-refractivity contribution is 7.99. The van der Waals surface area contributed by atoms with Crippen LogP contribution in [0.15, 0.2) is 21.9 Å². The molecule has 2 aliphatic heterocycles. The van der Waals surface area contributed by atoms with Crippen LogP contribution in [0.4, 0.5) is 0 Å². The lowest BCUT2D eigenvalue weighted by Crippen LogP contribution is -2.33. The van der Waals surface area contributed by atoms with Gasteiger partial charge < -0.3 is 14.1 Å². The summed E-state index contributed by atoms with van der Waals surface area (Å²) in [7, 11) is 0. The molecule has 4 rings (SSSR count). The zero-order valence-electron chi connectivity index (χ0n) is 16.4. The molecular formula is C20H28N4O3S. The van der Waals surface area contributed by atoms with Crippen molar-refractivity contribution in [2.45, 2.75) is 63.3 Å². The molecule has 2 aromatic heterocycles. The first kappa shape index (κ1) is 19.5. The summed E-state index contributed by atoms with van der Waals surface area (Å²) >= 11 is 1.47. The van der Waals surface area contributed by atoms with Gasteiger partial charge in [0.1, 0.15) is 5.76 Å². The molecule has 0 saturated carbocycles. The Labute approximate surface area is 169 Å². The minimum absolute atomic E-state index is 0.169. The highest BCUT2D eigenvalue weighted by Gasteiger charge is 2.24. The van der Waals surface area contributed by atoms with E-state index in [4.69, 9.17) is 9.15 Å². The normalized spacial score (nSPS) is 20.5. The molecule has 4 heterocycles. The van der Waals surface area contributed by atoms with Crippen LogP contribution in [0.3, 0.4) is 0 Å². The van der Waals surface area contributed by atoms with Crippen LogP contribution in [-0.4, -0.2) is 57.1 Å². The van der Waals surface area contributed by atoms with E-state index in [0.29, 0.717) is 12.3 Å². The van der Waals surface area contributed by atoms with Crippen molar-refractivity contribution in [3.63, 3.8) is 0 Å². The highest BCUT2D eigenvalue weighted by Crippen LogP contribution is 2.29. The van der Waals surface area contributed by atoms with Crippen LogP contribution < -0.4 is 0 Å². The van der Waals surface area contributed by atoms with E-state index in [9.17, 15) is 4.79 Å². The predicted molar refractivity (Wildman–Crippen MR) is 107 cm³/mol. The summed E-state index contributed by atoms with van der Waals surface area (Å²) < 4.78 is 13.4. The molecule has 1 amide bonds. The molecule has 0 radical (unpaired) electrons. The summed E-state index contributed by atoms with van der Waals surface area (Å²) in [5.74, 6) is 2.19. The van der Waals surface area contributed by atoms with Crippen molar-refractivity contribution in [2.24, 2.45) is 0 Å². The first-order valence-electron chi connectivity index (χ1n) is 10.2. The zero-order chi connectivity index (χ0) is 19.3. The Kier molecular flexibility index (Phi) is 6.36. The van der Waals surface area contributed by atoms with E-state index in [0.717, 1.165) is 67.7 Å². The zero-order valence-corrected chi connectivity index (χ0v) is 17.2. The second kappa shape index (κ2) is 9.13. The Morgan fingerprint density at radius 2 is 2.04 bits per heavy atom. The van der Waals surface area contributed by atoms with Gasteiger partial charge in [0, 0.05) is 19.7 Å². The molecule has 2 aliphatic rings. The van der Waals surface area contributed by atoms with Gasteiger partial charge in [0.25, 0.3) is 0 Å². The van der Waals surface area contributed by atoms with Gasteiger partial charge in [-0.2, -0.15) is 0 Å². The molecule has 0 spiro atoms. The highest BCUT2D eigenvalue weighted by atomic mass is 32.2. The van der Waals surface area contributed by atoms with Gasteiger partial charge in [-0.05, 0) is 38.7 Å². The third-order valence-electron chi connectivity index (χ3n) is 5.51. The van der Waals surface area contributed by atoms with Crippen LogP contribution in [0.5, 0.6) is 0 Å². The van der Waals surface area contributed by atoms with Gasteiger partial charge in [-0.1, -0.05) is 24.6 Å². The molecule has 0 N–H and O–H groups in total. The van der Waals surface area contributed by atoms with E-state index in [-0.39, 0.29) is 12.0 Å². The number of hydrogen-bond acceptors (Lipinski definition) is 6. The molecular weight excluding hydrogens is 376 g/mol. The van der Waals surface area contributed by atoms with Gasteiger partial charge in [0.05, 0.1) is 30.2 Å². The minimum Gasteiger partial charge on any atom is -0.469 e. The molecule has 152 valence electrons. The molecule has 28 heavy (non-hydrogen) atoms. The second-order valence-corrected chi connectivity index (χ2v) is 8.47. The van der Waals surface area contributed by atoms with Crippen molar-refractivity contribution in [1.29, 1.82) is 0 Å². The number of amides is 1. The largest absolute Gasteiger partial charge is 0.469 e. The maximum Gasteiger partial charge on any atom is 0.233 e. The number of hydrogen-bond donors (Lipinski definition) is 0. The van der Waals surface area contributed by atoms with Gasteiger partial charge in [0.2, 0.25) is 5.91 Å². The minimum atomic E-state index is 0.169. The third kappa shape index (κ3) is 4.43. The van der Waals surface area contributed by atoms with Gasteiger partial charge in [-0.25, -0.2) is 0 Å². The molecule has 0 aromatic carbocycles. The maximum atomic E-state index is 12.7. The van der Waals surface area contributed by atoms with Crippen molar-refractivity contribution < 1.29 is 13.9 Å². The molecule has 0 aliphatic carbocycles. The van der Waals surface area contributed by atoms with E-state index in [1.54, 1.807) is 6.26 Å². The van der Waals surface area contributed by atoms with Crippen LogP contribution in [0, 0.1) is 6.92 Å². The van der Waals surface area contributed by atoms with Crippen molar-refractivity contribution >= 4 is 17.7 Å². The van der Waals surface area contributed by atoms with Gasteiger partial charge in [-0.3, -0.25) is 9.36 Å². The lowest BCUT2D eigenvalue weighted by Gasteiger charge is -2.20. The summed E-state index contributed by atoms with van der Waals surface area (Å²) in [4.78, 5) is 14.7. The summed E-state index contributed by atoms with van der Waals surface area (Å²) in [5.41, 5.74) is 0.941. The lowest BCUT2D eigenvalue weighted by atomic mass is 10.2. The van der Waals surface area contributed by atoms with E-state index in [2.05, 4.69) is 14.8 Å². The predicted octanol–water partition coefficient (Wildman–Crippen LogP) is 3.52. The number of aryl methyl sites for hydroxylation is 1. The molecule has 2 aromatic rings. The molecule has 1 atom stereocenters. The number of ether oxygens (including phenoxy) is 1. The molecule has 2 saturated heterocycles. The van der Waals surface area contributed by atoms with Crippen molar-refractivity contribution in [1.82, 2.24) is 19.7 Å². The molecule has 2 fully saturated rings. The topological polar surface area (TPSA) is 73.4 Å². The number of carbonyl (C=O) groups excluding carboxylic acids is 1. The number of likely N-dealkylation sites (tertiary alicyclic amines) is 1. The fourth-order valence-corrected chi connectivity index (χ4v) is 4.76. The fourth-order valence-electron chi connectivity index (χ4n) is 3.91. The first-order valence-corrected chi connectivity index (χ1v) is 11.2. The number of carbonyl (C=O) groups is 1. The second-order valence-electron chi connectivity index (χ2n) is 7.53. The molecule has 0 unspecified atom stereocenters. The SMILES string of the molecule is Cc1occc1-c1nnc(SCC(=O)N2CCCCCC2)n1C[C@H]1CCCO1. The Balaban J connectivity index is 1.50. The summed E-state index contributed by atoms with van der Waals surface area (Å²) in [6, 6.07) is 1.92. The maximum absolute atomic E-state index is 12.7. The third-order valence-corrected chi connectivity index (χ3v) is 6.46. The standard InChI is InChI=1S/C20H28N4O3S/c1-15-17(8-12-26-15)19-21-22-20(24(19)13-16-7-6-11-27-16)28-14-18(25)23-9-4-2-3-5-10-23/h8,12,16H,2-7,9-11,13-14H2,1H3/t16-/m1/s1. The Morgan fingerprint density at radius 1 is 1.21 bits per heavy atom. The van der Waals surface area contributed by atoms with Crippen molar-refractivity contribution in [2.75, 3.05) is 25.4 Å². The quantitative estimate of drug-likeness (QED) is 0.686. The van der Waals surface area contributed by atoms with Crippen LogP contribution in [0.2, 0.25) is 0 Å². The van der Waals surface area contributed by atoms with Crippen LogP contribution in [0.1, 0.15) is 44.3 Å². The molecule has 7 nitrogen and oxygen atoms in total. The van der Waals surface area contributed by atoms with Crippen LogP contribution in [-0.2, 0) is 16.1 Å².